The fraction of sp³-hybridized carbons (Fsp3) is 0.818. The Morgan fingerprint density at radius 3 is 2.21 bits per heavy atom. The zero-order valence-corrected chi connectivity index (χ0v) is 13.0. The SMILES string of the molecule is CC1(C)[C@H]2CC[C@]1(C)C(OS(=O)(=O)C(F)(F)F)=C2Br. The lowest BCUT2D eigenvalue weighted by Crippen LogP contribution is -2.34. The number of hydrogen-bond acceptors (Lipinski definition) is 3. The van der Waals surface area contributed by atoms with Gasteiger partial charge in [-0.2, -0.15) is 21.6 Å². The Bertz CT molecular complexity index is 550. The third-order valence-corrected chi connectivity index (χ3v) is 6.59. The minimum absolute atomic E-state index is 0.00377. The molecule has 3 nitrogen and oxygen atoms in total. The van der Waals surface area contributed by atoms with Crippen LogP contribution in [0.5, 0.6) is 0 Å². The predicted octanol–water partition coefficient (Wildman–Crippen LogP) is 3.92. The van der Waals surface area contributed by atoms with Gasteiger partial charge < -0.3 is 4.18 Å². The Hall–Kier alpha value is -0.240. The molecular formula is C11H14BrF3O3S. The van der Waals surface area contributed by atoms with E-state index in [-0.39, 0.29) is 17.1 Å². The van der Waals surface area contributed by atoms with Gasteiger partial charge in [-0.05, 0) is 24.2 Å². The van der Waals surface area contributed by atoms with Crippen LogP contribution in [-0.4, -0.2) is 13.9 Å². The molecule has 0 saturated heterocycles. The van der Waals surface area contributed by atoms with E-state index in [1.54, 1.807) is 6.92 Å². The van der Waals surface area contributed by atoms with Crippen LogP contribution in [0.3, 0.4) is 0 Å². The van der Waals surface area contributed by atoms with E-state index in [1.165, 1.54) is 0 Å². The van der Waals surface area contributed by atoms with Crippen LogP contribution in [0.2, 0.25) is 0 Å². The summed E-state index contributed by atoms with van der Waals surface area (Å²) in [5.41, 5.74) is -6.44. The molecule has 1 fully saturated rings. The molecule has 2 aliphatic rings. The van der Waals surface area contributed by atoms with E-state index in [9.17, 15) is 21.6 Å². The van der Waals surface area contributed by atoms with E-state index in [0.29, 0.717) is 10.9 Å². The molecule has 110 valence electrons. The van der Waals surface area contributed by atoms with Crippen LogP contribution in [0.1, 0.15) is 33.6 Å². The molecule has 0 aliphatic heterocycles. The third-order valence-electron chi connectivity index (χ3n) is 4.73. The molecule has 0 N–H and O–H groups in total. The second kappa shape index (κ2) is 3.90. The second-order valence-corrected chi connectivity index (χ2v) is 8.20. The molecule has 0 radical (unpaired) electrons. The van der Waals surface area contributed by atoms with Gasteiger partial charge in [0.25, 0.3) is 0 Å². The summed E-state index contributed by atoms with van der Waals surface area (Å²) in [6, 6.07) is 0. The fourth-order valence-corrected chi connectivity index (χ4v) is 5.08. The number of fused-ring (bicyclic) bond motifs is 2. The molecule has 19 heavy (non-hydrogen) atoms. The summed E-state index contributed by atoms with van der Waals surface area (Å²) in [5, 5.41) is 0. The Balaban J connectivity index is 2.44. The van der Waals surface area contributed by atoms with Crippen molar-refractivity contribution in [2.24, 2.45) is 16.7 Å². The molecule has 0 aromatic heterocycles. The average molecular weight is 363 g/mol. The van der Waals surface area contributed by atoms with E-state index < -0.39 is 21.0 Å². The summed E-state index contributed by atoms with van der Waals surface area (Å²) < 4.78 is 64.5. The van der Waals surface area contributed by atoms with Gasteiger partial charge in [0.1, 0.15) is 5.76 Å². The summed E-state index contributed by atoms with van der Waals surface area (Å²) in [6.45, 7) is 5.59. The second-order valence-electron chi connectivity index (χ2n) is 5.81. The molecule has 2 bridgehead atoms. The van der Waals surface area contributed by atoms with Crippen molar-refractivity contribution < 1.29 is 25.8 Å². The van der Waals surface area contributed by atoms with E-state index in [4.69, 9.17) is 0 Å². The largest absolute Gasteiger partial charge is 0.534 e. The van der Waals surface area contributed by atoms with E-state index in [2.05, 4.69) is 20.1 Å². The van der Waals surface area contributed by atoms with Gasteiger partial charge in [-0.15, -0.1) is 0 Å². The first-order valence-corrected chi connectivity index (χ1v) is 7.95. The van der Waals surface area contributed by atoms with Gasteiger partial charge in [-0.3, -0.25) is 0 Å². The zero-order chi connectivity index (χ0) is 14.9. The molecule has 0 aromatic carbocycles. The van der Waals surface area contributed by atoms with Gasteiger partial charge in [0.2, 0.25) is 0 Å². The quantitative estimate of drug-likeness (QED) is 0.552. The summed E-state index contributed by atoms with van der Waals surface area (Å²) in [7, 11) is -5.61. The minimum Gasteiger partial charge on any atom is -0.379 e. The van der Waals surface area contributed by atoms with Crippen molar-refractivity contribution >= 4 is 26.0 Å². The molecule has 1 saturated carbocycles. The monoisotopic (exact) mass is 362 g/mol. The van der Waals surface area contributed by atoms with E-state index >= 15 is 0 Å². The first kappa shape index (κ1) is 15.2. The Kier molecular flexibility index (Phi) is 3.11. The normalized spacial score (nSPS) is 33.9. The Labute approximate surface area is 118 Å². The maximum atomic E-state index is 12.4. The number of hydrogen-bond donors (Lipinski definition) is 0. The Morgan fingerprint density at radius 2 is 1.84 bits per heavy atom. The standard InChI is InChI=1S/C11H14BrF3O3S/c1-9(2)6-4-5-10(9,3)8(7(6)12)18-19(16,17)11(13,14)15/h6H,4-5H2,1-3H3/t6-,10+/m0/s1. The first-order valence-electron chi connectivity index (χ1n) is 5.75. The molecule has 2 aliphatic carbocycles. The predicted molar refractivity (Wildman–Crippen MR) is 66.6 cm³/mol. The van der Waals surface area contributed by atoms with Gasteiger partial charge >= 0.3 is 15.6 Å². The van der Waals surface area contributed by atoms with Crippen LogP contribution in [0.25, 0.3) is 0 Å². The maximum absolute atomic E-state index is 12.4. The number of halogens is 4. The van der Waals surface area contributed by atoms with Crippen molar-refractivity contribution in [3.63, 3.8) is 0 Å². The molecule has 0 unspecified atom stereocenters. The van der Waals surface area contributed by atoms with Gasteiger partial charge in [0, 0.05) is 9.90 Å². The van der Waals surface area contributed by atoms with E-state index in [0.717, 1.165) is 6.42 Å². The van der Waals surface area contributed by atoms with E-state index in [1.807, 2.05) is 13.8 Å². The molecule has 2 atom stereocenters. The third kappa shape index (κ3) is 1.86. The van der Waals surface area contributed by atoms with Crippen molar-refractivity contribution in [3.05, 3.63) is 10.2 Å². The van der Waals surface area contributed by atoms with Crippen molar-refractivity contribution in [1.82, 2.24) is 0 Å². The van der Waals surface area contributed by atoms with Crippen LogP contribution >= 0.6 is 15.9 Å². The van der Waals surface area contributed by atoms with Crippen LogP contribution in [0.15, 0.2) is 10.2 Å². The molecule has 0 aromatic rings. The summed E-state index contributed by atoms with van der Waals surface area (Å²) >= 11 is 3.21. The molecule has 8 heteroatoms. The highest BCUT2D eigenvalue weighted by molar-refractivity contribution is 9.11. The smallest absolute Gasteiger partial charge is 0.379 e. The number of allylic oxidation sites excluding steroid dienone is 2. The average Bonchev–Trinajstić information content (AvgIpc) is 2.50. The highest BCUT2D eigenvalue weighted by Crippen LogP contribution is 2.69. The molecular weight excluding hydrogens is 349 g/mol. The lowest BCUT2D eigenvalue weighted by molar-refractivity contribution is -0.0538. The summed E-state index contributed by atoms with van der Waals surface area (Å²) in [5.74, 6) is -0.0954. The number of alkyl halides is 3. The highest BCUT2D eigenvalue weighted by Gasteiger charge is 2.63. The van der Waals surface area contributed by atoms with Crippen LogP contribution < -0.4 is 0 Å². The summed E-state index contributed by atoms with van der Waals surface area (Å²) in [4.78, 5) is 0. The van der Waals surface area contributed by atoms with Crippen molar-refractivity contribution in [2.75, 3.05) is 0 Å². The van der Waals surface area contributed by atoms with Crippen LogP contribution in [0, 0.1) is 16.7 Å². The fourth-order valence-electron chi connectivity index (χ4n) is 3.06. The Morgan fingerprint density at radius 1 is 1.32 bits per heavy atom. The maximum Gasteiger partial charge on any atom is 0.534 e. The molecule has 0 heterocycles. The lowest BCUT2D eigenvalue weighted by Gasteiger charge is -2.35. The minimum atomic E-state index is -5.61. The van der Waals surface area contributed by atoms with Crippen molar-refractivity contribution in [1.29, 1.82) is 0 Å². The number of rotatable bonds is 2. The summed E-state index contributed by atoms with van der Waals surface area (Å²) in [6.07, 6.45) is 1.42. The van der Waals surface area contributed by atoms with Gasteiger partial charge in [0.05, 0.1) is 0 Å². The van der Waals surface area contributed by atoms with Gasteiger partial charge in [-0.25, -0.2) is 0 Å². The highest BCUT2D eigenvalue weighted by atomic mass is 79.9. The van der Waals surface area contributed by atoms with Crippen molar-refractivity contribution in [3.8, 4) is 0 Å². The topological polar surface area (TPSA) is 43.4 Å². The molecule has 0 amide bonds. The molecule has 0 spiro atoms. The van der Waals surface area contributed by atoms with Crippen LogP contribution in [0.4, 0.5) is 13.2 Å². The van der Waals surface area contributed by atoms with Crippen LogP contribution in [-0.2, 0) is 14.3 Å². The van der Waals surface area contributed by atoms with Crippen molar-refractivity contribution in [2.45, 2.75) is 39.1 Å². The first-order chi connectivity index (χ1) is 8.34. The zero-order valence-electron chi connectivity index (χ0n) is 10.6. The molecule has 2 rings (SSSR count). The lowest BCUT2D eigenvalue weighted by atomic mass is 9.70. The van der Waals surface area contributed by atoms with Gasteiger partial charge in [-0.1, -0.05) is 36.7 Å². The van der Waals surface area contributed by atoms with Gasteiger partial charge in [0.15, 0.2) is 0 Å².